The molecule has 0 heterocycles. The Hall–Kier alpha value is 0.310. The van der Waals surface area contributed by atoms with E-state index in [0.29, 0.717) is 0 Å². The van der Waals surface area contributed by atoms with Crippen molar-refractivity contribution in [1.82, 2.24) is 5.32 Å². The van der Waals surface area contributed by atoms with Crippen LogP contribution in [0.3, 0.4) is 0 Å². The molecule has 2 atom stereocenters. The summed E-state index contributed by atoms with van der Waals surface area (Å²) >= 11 is 2.10. The predicted molar refractivity (Wildman–Crippen MR) is 69.1 cm³/mol. The summed E-state index contributed by atoms with van der Waals surface area (Å²) in [5.41, 5.74) is 0. The van der Waals surface area contributed by atoms with Gasteiger partial charge >= 0.3 is 0 Å². The van der Waals surface area contributed by atoms with Crippen LogP contribution in [0.1, 0.15) is 41.0 Å². The van der Waals surface area contributed by atoms with Gasteiger partial charge in [0.1, 0.15) is 0 Å². The van der Waals surface area contributed by atoms with E-state index in [9.17, 15) is 0 Å². The Bertz CT molecular complexity index is 125. The van der Waals surface area contributed by atoms with Crippen molar-refractivity contribution in [2.75, 3.05) is 18.8 Å². The quantitative estimate of drug-likeness (QED) is 0.669. The van der Waals surface area contributed by atoms with Crippen molar-refractivity contribution < 1.29 is 0 Å². The summed E-state index contributed by atoms with van der Waals surface area (Å²) in [5, 5.41) is 4.26. The van der Waals surface area contributed by atoms with Crippen LogP contribution in [0.15, 0.2) is 0 Å². The van der Waals surface area contributed by atoms with E-state index in [1.54, 1.807) is 0 Å². The molecule has 0 aromatic heterocycles. The van der Waals surface area contributed by atoms with Crippen molar-refractivity contribution in [2.45, 2.75) is 46.3 Å². The third-order valence-corrected chi connectivity index (χ3v) is 3.84. The number of hydrogen-bond donors (Lipinski definition) is 1. The van der Waals surface area contributed by atoms with E-state index in [-0.39, 0.29) is 0 Å². The fraction of sp³-hybridized carbons (Fsp3) is 1.00. The van der Waals surface area contributed by atoms with Gasteiger partial charge in [-0.05, 0) is 24.1 Å². The van der Waals surface area contributed by atoms with Gasteiger partial charge in [0.15, 0.2) is 0 Å². The molecule has 0 saturated heterocycles. The minimum absolute atomic E-state index is 0.753. The molecular formula is C12H27NS. The highest BCUT2D eigenvalue weighted by Crippen LogP contribution is 2.16. The van der Waals surface area contributed by atoms with E-state index in [2.05, 4.69) is 51.7 Å². The maximum atomic E-state index is 3.51. The van der Waals surface area contributed by atoms with Crippen LogP contribution in [0.4, 0.5) is 0 Å². The summed E-state index contributed by atoms with van der Waals surface area (Å²) < 4.78 is 0. The summed E-state index contributed by atoms with van der Waals surface area (Å²) in [7, 11) is 0. The predicted octanol–water partition coefficient (Wildman–Crippen LogP) is 3.40. The Morgan fingerprint density at radius 1 is 1.07 bits per heavy atom. The van der Waals surface area contributed by atoms with E-state index in [1.165, 1.54) is 12.2 Å². The molecule has 0 bridgehead atoms. The summed E-state index contributed by atoms with van der Waals surface area (Å²) in [4.78, 5) is 0. The minimum atomic E-state index is 0.753. The van der Waals surface area contributed by atoms with Gasteiger partial charge in [0.05, 0.1) is 0 Å². The molecule has 2 unspecified atom stereocenters. The van der Waals surface area contributed by atoms with Crippen LogP contribution in [-0.4, -0.2) is 24.1 Å². The molecule has 14 heavy (non-hydrogen) atoms. The van der Waals surface area contributed by atoms with Crippen LogP contribution in [0.2, 0.25) is 0 Å². The monoisotopic (exact) mass is 217 g/mol. The minimum Gasteiger partial charge on any atom is -0.315 e. The van der Waals surface area contributed by atoms with E-state index in [0.717, 1.165) is 30.2 Å². The lowest BCUT2D eigenvalue weighted by Crippen LogP contribution is -2.26. The van der Waals surface area contributed by atoms with Gasteiger partial charge in [0.2, 0.25) is 0 Å². The second kappa shape index (κ2) is 8.60. The van der Waals surface area contributed by atoms with E-state index < -0.39 is 0 Å². The first-order valence-electron chi connectivity index (χ1n) is 5.88. The van der Waals surface area contributed by atoms with Crippen molar-refractivity contribution in [1.29, 1.82) is 0 Å². The fourth-order valence-corrected chi connectivity index (χ4v) is 2.21. The van der Waals surface area contributed by atoms with E-state index in [1.807, 2.05) is 0 Å². The van der Waals surface area contributed by atoms with Crippen LogP contribution < -0.4 is 5.32 Å². The topological polar surface area (TPSA) is 12.0 Å². The van der Waals surface area contributed by atoms with Crippen LogP contribution in [0, 0.1) is 11.8 Å². The molecular weight excluding hydrogens is 190 g/mol. The van der Waals surface area contributed by atoms with E-state index >= 15 is 0 Å². The SMILES string of the molecule is CCC(C)CSC(C)CNCC(C)C. The molecule has 0 saturated carbocycles. The lowest BCUT2D eigenvalue weighted by molar-refractivity contribution is 0.553. The van der Waals surface area contributed by atoms with Crippen molar-refractivity contribution in [3.63, 3.8) is 0 Å². The summed E-state index contributed by atoms with van der Waals surface area (Å²) in [6.07, 6.45) is 1.30. The molecule has 0 aliphatic rings. The van der Waals surface area contributed by atoms with Crippen molar-refractivity contribution in [3.8, 4) is 0 Å². The van der Waals surface area contributed by atoms with Crippen molar-refractivity contribution >= 4 is 11.8 Å². The highest BCUT2D eigenvalue weighted by molar-refractivity contribution is 7.99. The molecule has 0 aromatic carbocycles. The average molecular weight is 217 g/mol. The van der Waals surface area contributed by atoms with Gasteiger partial charge in [-0.3, -0.25) is 0 Å². The Labute approximate surface area is 94.4 Å². The zero-order valence-corrected chi connectivity index (χ0v) is 11.3. The Balaban J connectivity index is 3.32. The second-order valence-electron chi connectivity index (χ2n) is 4.71. The number of thioether (sulfide) groups is 1. The number of hydrogen-bond acceptors (Lipinski definition) is 2. The Kier molecular flexibility index (Phi) is 8.80. The largest absolute Gasteiger partial charge is 0.315 e. The molecule has 0 aliphatic heterocycles. The Morgan fingerprint density at radius 2 is 1.71 bits per heavy atom. The normalized spacial score (nSPS) is 15.9. The zero-order chi connectivity index (χ0) is 11.0. The first-order valence-corrected chi connectivity index (χ1v) is 6.93. The maximum Gasteiger partial charge on any atom is 0.0144 e. The third kappa shape index (κ3) is 8.89. The molecule has 0 fully saturated rings. The molecule has 0 aliphatic carbocycles. The molecule has 1 nitrogen and oxygen atoms in total. The van der Waals surface area contributed by atoms with E-state index in [4.69, 9.17) is 0 Å². The van der Waals surface area contributed by atoms with Crippen LogP contribution in [0.25, 0.3) is 0 Å². The zero-order valence-electron chi connectivity index (χ0n) is 10.5. The molecule has 0 rings (SSSR count). The molecule has 86 valence electrons. The van der Waals surface area contributed by atoms with Crippen LogP contribution in [0.5, 0.6) is 0 Å². The van der Waals surface area contributed by atoms with Crippen LogP contribution >= 0.6 is 11.8 Å². The standard InChI is InChI=1S/C12H27NS/c1-6-11(4)9-14-12(5)8-13-7-10(2)3/h10-13H,6-9H2,1-5H3. The highest BCUT2D eigenvalue weighted by atomic mass is 32.2. The highest BCUT2D eigenvalue weighted by Gasteiger charge is 2.05. The molecule has 0 radical (unpaired) electrons. The summed E-state index contributed by atoms with van der Waals surface area (Å²) in [6, 6.07) is 0. The maximum absolute atomic E-state index is 3.51. The molecule has 0 amide bonds. The Morgan fingerprint density at radius 3 is 2.21 bits per heavy atom. The molecule has 1 N–H and O–H groups in total. The number of rotatable bonds is 8. The van der Waals surface area contributed by atoms with Gasteiger partial charge in [0.25, 0.3) is 0 Å². The summed E-state index contributed by atoms with van der Waals surface area (Å²) in [5.74, 6) is 2.94. The van der Waals surface area contributed by atoms with Gasteiger partial charge in [-0.2, -0.15) is 11.8 Å². The van der Waals surface area contributed by atoms with Gasteiger partial charge in [-0.25, -0.2) is 0 Å². The van der Waals surface area contributed by atoms with Crippen LogP contribution in [-0.2, 0) is 0 Å². The lowest BCUT2D eigenvalue weighted by Gasteiger charge is -2.15. The average Bonchev–Trinajstić information content (AvgIpc) is 2.13. The fourth-order valence-electron chi connectivity index (χ4n) is 1.08. The van der Waals surface area contributed by atoms with Gasteiger partial charge in [-0.1, -0.05) is 41.0 Å². The van der Waals surface area contributed by atoms with Gasteiger partial charge in [0, 0.05) is 11.8 Å². The smallest absolute Gasteiger partial charge is 0.0144 e. The van der Waals surface area contributed by atoms with Gasteiger partial charge < -0.3 is 5.32 Å². The first-order chi connectivity index (χ1) is 6.56. The first kappa shape index (κ1) is 14.3. The lowest BCUT2D eigenvalue weighted by atomic mass is 10.2. The molecule has 0 aromatic rings. The molecule has 0 spiro atoms. The van der Waals surface area contributed by atoms with Gasteiger partial charge in [-0.15, -0.1) is 0 Å². The van der Waals surface area contributed by atoms with Crippen molar-refractivity contribution in [3.05, 3.63) is 0 Å². The summed E-state index contributed by atoms with van der Waals surface area (Å²) in [6.45, 7) is 13.7. The number of nitrogens with one attached hydrogen (secondary N) is 1. The third-order valence-electron chi connectivity index (χ3n) is 2.35. The molecule has 2 heteroatoms. The van der Waals surface area contributed by atoms with Crippen molar-refractivity contribution in [2.24, 2.45) is 11.8 Å². The second-order valence-corrected chi connectivity index (χ2v) is 6.18.